The Labute approximate surface area is 189 Å². The number of rotatable bonds is 5. The third-order valence-corrected chi connectivity index (χ3v) is 6.33. The Morgan fingerprint density at radius 1 is 1.16 bits per heavy atom. The van der Waals surface area contributed by atoms with E-state index in [0.717, 1.165) is 11.1 Å². The maximum Gasteiger partial charge on any atom is 0.410 e. The van der Waals surface area contributed by atoms with Gasteiger partial charge in [0.25, 0.3) is 10.0 Å². The van der Waals surface area contributed by atoms with Crippen LogP contribution in [-0.2, 0) is 14.8 Å². The third kappa shape index (κ3) is 6.29. The Hall–Kier alpha value is -2.94. The molecule has 32 heavy (non-hydrogen) atoms. The summed E-state index contributed by atoms with van der Waals surface area (Å²) in [5.74, 6) is -0.0291. The van der Waals surface area contributed by atoms with E-state index >= 15 is 0 Å². The molecular formula is C23H30N4O4S. The molecule has 1 fully saturated rings. The van der Waals surface area contributed by atoms with Gasteiger partial charge in [0.05, 0.1) is 10.6 Å². The molecule has 1 aromatic heterocycles. The maximum atomic E-state index is 12.7. The number of sulfonamides is 1. The number of ether oxygens (including phenoxy) is 1. The minimum absolute atomic E-state index is 0.0291. The molecule has 1 aliphatic rings. The fourth-order valence-corrected chi connectivity index (χ4v) is 4.27. The normalized spacial score (nSPS) is 16.0. The zero-order valence-corrected chi connectivity index (χ0v) is 19.7. The number of likely N-dealkylation sites (tertiary alicyclic amines) is 1. The van der Waals surface area contributed by atoms with Crippen LogP contribution >= 0.6 is 0 Å². The Kier molecular flexibility index (Phi) is 7.18. The predicted molar refractivity (Wildman–Crippen MR) is 123 cm³/mol. The minimum Gasteiger partial charge on any atom is -0.444 e. The number of nitrogens with one attached hydrogen (secondary N) is 1. The van der Waals surface area contributed by atoms with E-state index in [1.165, 1.54) is 0 Å². The molecule has 1 aromatic carbocycles. The van der Waals surface area contributed by atoms with Crippen LogP contribution in [0, 0.1) is 12.8 Å². The van der Waals surface area contributed by atoms with E-state index < -0.39 is 15.6 Å². The van der Waals surface area contributed by atoms with Crippen molar-refractivity contribution >= 4 is 21.8 Å². The van der Waals surface area contributed by atoms with Crippen molar-refractivity contribution in [1.29, 1.82) is 0 Å². The highest BCUT2D eigenvalue weighted by Gasteiger charge is 2.30. The highest BCUT2D eigenvalue weighted by molar-refractivity contribution is 7.89. The first-order valence-electron chi connectivity index (χ1n) is 10.6. The van der Waals surface area contributed by atoms with Crippen molar-refractivity contribution in [3.8, 4) is 0 Å². The molecule has 8 nitrogen and oxygen atoms in total. The van der Waals surface area contributed by atoms with Gasteiger partial charge in [-0.15, -0.1) is 0 Å². The number of hydrogen-bond acceptors (Lipinski definition) is 6. The van der Waals surface area contributed by atoms with Gasteiger partial charge in [-0.05, 0) is 64.8 Å². The lowest BCUT2D eigenvalue weighted by Gasteiger charge is -2.33. The van der Waals surface area contributed by atoms with Crippen LogP contribution in [0.2, 0.25) is 0 Å². The molecular weight excluding hydrogens is 428 g/mol. The second-order valence-corrected chi connectivity index (χ2v) is 10.5. The topological polar surface area (TPSA) is 101 Å². The number of hydrazone groups is 1. The zero-order valence-electron chi connectivity index (χ0n) is 18.9. The van der Waals surface area contributed by atoms with E-state index in [1.54, 1.807) is 47.6 Å². The first-order valence-corrected chi connectivity index (χ1v) is 12.1. The summed E-state index contributed by atoms with van der Waals surface area (Å²) >= 11 is 0. The summed E-state index contributed by atoms with van der Waals surface area (Å²) in [6.07, 6.45) is 4.26. The molecule has 0 spiro atoms. The molecule has 0 aliphatic carbocycles. The highest BCUT2D eigenvalue weighted by Crippen LogP contribution is 2.24. The number of hydrogen-bond donors (Lipinski definition) is 1. The number of amides is 1. The van der Waals surface area contributed by atoms with Crippen molar-refractivity contribution in [3.63, 3.8) is 0 Å². The summed E-state index contributed by atoms with van der Waals surface area (Å²) in [6.45, 7) is 8.42. The van der Waals surface area contributed by atoms with E-state index in [-0.39, 0.29) is 16.9 Å². The molecule has 0 radical (unpaired) electrons. The van der Waals surface area contributed by atoms with Gasteiger partial charge in [0, 0.05) is 37.0 Å². The number of nitrogens with zero attached hydrogens (tertiary/aromatic N) is 3. The van der Waals surface area contributed by atoms with Crippen LogP contribution in [-0.4, -0.2) is 48.8 Å². The number of carbonyl (C=O) groups is 1. The lowest BCUT2D eigenvalue weighted by atomic mass is 9.89. The van der Waals surface area contributed by atoms with Gasteiger partial charge in [-0.25, -0.2) is 4.79 Å². The third-order valence-electron chi connectivity index (χ3n) is 5.11. The van der Waals surface area contributed by atoms with E-state index in [0.29, 0.717) is 31.6 Å². The van der Waals surface area contributed by atoms with Crippen LogP contribution < -0.4 is 4.83 Å². The van der Waals surface area contributed by atoms with Crippen molar-refractivity contribution in [1.82, 2.24) is 14.7 Å². The largest absolute Gasteiger partial charge is 0.444 e. The summed E-state index contributed by atoms with van der Waals surface area (Å²) in [6, 6.07) is 10.2. The average molecular weight is 459 g/mol. The van der Waals surface area contributed by atoms with Gasteiger partial charge in [-0.2, -0.15) is 18.4 Å². The monoisotopic (exact) mass is 458 g/mol. The number of carbonyl (C=O) groups excluding carboxylic acids is 1. The second kappa shape index (κ2) is 9.68. The fraction of sp³-hybridized carbons (Fsp3) is 0.435. The lowest BCUT2D eigenvalue weighted by molar-refractivity contribution is 0.0202. The fourth-order valence-electron chi connectivity index (χ4n) is 3.45. The molecule has 172 valence electrons. The van der Waals surface area contributed by atoms with Gasteiger partial charge in [0.15, 0.2) is 0 Å². The van der Waals surface area contributed by atoms with Crippen molar-refractivity contribution < 1.29 is 17.9 Å². The van der Waals surface area contributed by atoms with Gasteiger partial charge in [0.2, 0.25) is 0 Å². The molecule has 2 aromatic rings. The standard InChI is InChI=1S/C23H30N4O4S/c1-17-7-9-20(10-8-17)32(29,30)26-25-21(19-6-5-13-24-16-19)18-11-14-27(15-12-18)22(28)31-23(2,3)4/h5-10,13,16,18,26H,11-12,14-15H2,1-4H3/b25-21-. The number of piperidine rings is 1. The summed E-state index contributed by atoms with van der Waals surface area (Å²) in [7, 11) is -3.81. The molecule has 0 bridgehead atoms. The molecule has 0 atom stereocenters. The van der Waals surface area contributed by atoms with E-state index in [4.69, 9.17) is 4.74 Å². The van der Waals surface area contributed by atoms with Crippen LogP contribution in [0.15, 0.2) is 58.8 Å². The molecule has 1 aliphatic heterocycles. The molecule has 0 saturated carbocycles. The predicted octanol–water partition coefficient (Wildman–Crippen LogP) is 3.72. The van der Waals surface area contributed by atoms with Gasteiger partial charge >= 0.3 is 6.09 Å². The van der Waals surface area contributed by atoms with Crippen LogP contribution in [0.3, 0.4) is 0 Å². The molecule has 9 heteroatoms. The Morgan fingerprint density at radius 2 is 1.81 bits per heavy atom. The minimum atomic E-state index is -3.81. The molecule has 1 saturated heterocycles. The number of pyridine rings is 1. The Balaban J connectivity index is 1.78. The average Bonchev–Trinajstić information content (AvgIpc) is 2.74. The van der Waals surface area contributed by atoms with Crippen molar-refractivity contribution in [2.75, 3.05) is 13.1 Å². The van der Waals surface area contributed by atoms with Gasteiger partial charge < -0.3 is 9.64 Å². The Morgan fingerprint density at radius 3 is 2.38 bits per heavy atom. The molecule has 2 heterocycles. The number of aryl methyl sites for hydroxylation is 1. The van der Waals surface area contributed by atoms with Crippen LogP contribution in [0.5, 0.6) is 0 Å². The molecule has 0 unspecified atom stereocenters. The SMILES string of the molecule is Cc1ccc(S(=O)(=O)N/N=C(\c2cccnc2)C2CCN(C(=O)OC(C)(C)C)CC2)cc1. The zero-order chi connectivity index (χ0) is 23.4. The molecule has 1 N–H and O–H groups in total. The summed E-state index contributed by atoms with van der Waals surface area (Å²) in [4.78, 5) is 20.7. The van der Waals surface area contributed by atoms with Crippen LogP contribution in [0.1, 0.15) is 44.7 Å². The first kappa shape index (κ1) is 23.7. The number of aromatic nitrogens is 1. The van der Waals surface area contributed by atoms with Crippen molar-refractivity contribution in [2.45, 2.75) is 51.0 Å². The quantitative estimate of drug-likeness (QED) is 0.544. The number of benzene rings is 1. The summed E-state index contributed by atoms with van der Waals surface area (Å²) in [5, 5.41) is 4.32. The Bertz CT molecular complexity index is 1050. The maximum absolute atomic E-state index is 12.7. The molecule has 1 amide bonds. The first-order chi connectivity index (χ1) is 15.0. The van der Waals surface area contributed by atoms with Crippen LogP contribution in [0.25, 0.3) is 0 Å². The van der Waals surface area contributed by atoms with Gasteiger partial charge in [0.1, 0.15) is 5.60 Å². The van der Waals surface area contributed by atoms with E-state index in [9.17, 15) is 13.2 Å². The van der Waals surface area contributed by atoms with Gasteiger partial charge in [-0.1, -0.05) is 17.7 Å². The van der Waals surface area contributed by atoms with E-state index in [1.807, 2.05) is 33.8 Å². The van der Waals surface area contributed by atoms with Gasteiger partial charge in [-0.3, -0.25) is 4.98 Å². The van der Waals surface area contributed by atoms with Crippen molar-refractivity contribution in [2.24, 2.45) is 11.0 Å². The lowest BCUT2D eigenvalue weighted by Crippen LogP contribution is -2.43. The smallest absolute Gasteiger partial charge is 0.410 e. The summed E-state index contributed by atoms with van der Waals surface area (Å²) < 4.78 is 30.9. The van der Waals surface area contributed by atoms with Crippen molar-refractivity contribution in [3.05, 3.63) is 59.9 Å². The van der Waals surface area contributed by atoms with Crippen LogP contribution in [0.4, 0.5) is 4.79 Å². The molecule has 3 rings (SSSR count). The summed E-state index contributed by atoms with van der Waals surface area (Å²) in [5.41, 5.74) is 1.78. The van der Waals surface area contributed by atoms with E-state index in [2.05, 4.69) is 14.9 Å². The second-order valence-electron chi connectivity index (χ2n) is 8.89. The highest BCUT2D eigenvalue weighted by atomic mass is 32.2.